The van der Waals surface area contributed by atoms with Crippen molar-refractivity contribution in [2.75, 3.05) is 4.90 Å². The van der Waals surface area contributed by atoms with Crippen molar-refractivity contribution in [3.05, 3.63) is 53.1 Å². The summed E-state index contributed by atoms with van der Waals surface area (Å²) in [5.74, 6) is 0.315. The molecule has 2 aromatic carbocycles. The van der Waals surface area contributed by atoms with Crippen molar-refractivity contribution in [3.63, 3.8) is 0 Å². The molecule has 2 aromatic rings. The molecule has 0 spiro atoms. The number of carbonyl (C=O) groups excluding carboxylic acids is 1. The SMILES string of the molecule is CC(=O)N1c2ccc(S(=O)(=O)Oc3c(C)cccc3C)cc2CC1C. The number of fused-ring (bicyclic) bond motifs is 1. The third-order valence-electron chi connectivity index (χ3n) is 4.50. The lowest BCUT2D eigenvalue weighted by Crippen LogP contribution is -2.33. The van der Waals surface area contributed by atoms with E-state index < -0.39 is 10.1 Å². The summed E-state index contributed by atoms with van der Waals surface area (Å²) in [5, 5.41) is 0. The smallest absolute Gasteiger partial charge is 0.339 e. The third-order valence-corrected chi connectivity index (χ3v) is 5.71. The molecule has 0 aliphatic carbocycles. The lowest BCUT2D eigenvalue weighted by Gasteiger charge is -2.20. The van der Waals surface area contributed by atoms with Crippen LogP contribution in [0.2, 0.25) is 0 Å². The predicted octanol–water partition coefficient (Wildman–Crippen LogP) is 3.37. The molecule has 3 rings (SSSR count). The fourth-order valence-corrected chi connectivity index (χ4v) is 4.43. The summed E-state index contributed by atoms with van der Waals surface area (Å²) < 4.78 is 30.8. The summed E-state index contributed by atoms with van der Waals surface area (Å²) in [4.78, 5) is 13.6. The molecule has 0 radical (unpaired) electrons. The molecule has 0 saturated heterocycles. The molecular weight excluding hydrogens is 338 g/mol. The number of rotatable bonds is 3. The molecule has 1 aliphatic rings. The van der Waals surface area contributed by atoms with Crippen LogP contribution in [0, 0.1) is 13.8 Å². The Morgan fingerprint density at radius 3 is 2.40 bits per heavy atom. The summed E-state index contributed by atoms with van der Waals surface area (Å²) in [6, 6.07) is 10.3. The Morgan fingerprint density at radius 1 is 1.16 bits per heavy atom. The van der Waals surface area contributed by atoms with E-state index in [9.17, 15) is 13.2 Å². The van der Waals surface area contributed by atoms with E-state index >= 15 is 0 Å². The summed E-state index contributed by atoms with van der Waals surface area (Å²) >= 11 is 0. The van der Waals surface area contributed by atoms with E-state index in [4.69, 9.17) is 4.18 Å². The Bertz CT molecular complexity index is 930. The number of hydrogen-bond donors (Lipinski definition) is 0. The summed E-state index contributed by atoms with van der Waals surface area (Å²) in [6.07, 6.45) is 0.627. The molecule has 1 aliphatic heterocycles. The molecule has 1 heterocycles. The number of para-hydroxylation sites is 1. The van der Waals surface area contributed by atoms with Gasteiger partial charge in [-0.2, -0.15) is 8.42 Å². The van der Waals surface area contributed by atoms with Gasteiger partial charge in [-0.15, -0.1) is 0 Å². The molecule has 1 atom stereocenters. The number of benzene rings is 2. The van der Waals surface area contributed by atoms with Crippen LogP contribution in [0.1, 0.15) is 30.5 Å². The number of aryl methyl sites for hydroxylation is 2. The second-order valence-corrected chi connectivity index (χ2v) is 8.04. The lowest BCUT2D eigenvalue weighted by atomic mass is 10.1. The highest BCUT2D eigenvalue weighted by atomic mass is 32.2. The van der Waals surface area contributed by atoms with Crippen molar-refractivity contribution >= 4 is 21.7 Å². The van der Waals surface area contributed by atoms with Gasteiger partial charge in [0.05, 0.1) is 0 Å². The maximum Gasteiger partial charge on any atom is 0.339 e. The standard InChI is InChI=1S/C19H21NO4S/c1-12-6-5-7-13(2)19(12)24-25(22,23)17-8-9-18-16(11-17)10-14(3)20(18)15(4)21/h5-9,11,14H,10H2,1-4H3. The van der Waals surface area contributed by atoms with Crippen LogP contribution in [0.25, 0.3) is 0 Å². The number of nitrogens with zero attached hydrogens (tertiary/aromatic N) is 1. The van der Waals surface area contributed by atoms with Crippen LogP contribution in [0.5, 0.6) is 5.75 Å². The highest BCUT2D eigenvalue weighted by Crippen LogP contribution is 2.35. The van der Waals surface area contributed by atoms with Gasteiger partial charge in [-0.25, -0.2) is 0 Å². The molecule has 1 amide bonds. The Labute approximate surface area is 148 Å². The Hall–Kier alpha value is -2.34. The summed E-state index contributed by atoms with van der Waals surface area (Å²) in [7, 11) is -3.94. The fourth-order valence-electron chi connectivity index (χ4n) is 3.33. The van der Waals surface area contributed by atoms with E-state index in [-0.39, 0.29) is 16.8 Å². The maximum absolute atomic E-state index is 12.7. The number of carbonyl (C=O) groups is 1. The van der Waals surface area contributed by atoms with Crippen LogP contribution < -0.4 is 9.08 Å². The van der Waals surface area contributed by atoms with Crippen molar-refractivity contribution in [3.8, 4) is 5.75 Å². The van der Waals surface area contributed by atoms with Crippen molar-refractivity contribution in [1.82, 2.24) is 0 Å². The molecule has 0 bridgehead atoms. The average molecular weight is 359 g/mol. The summed E-state index contributed by atoms with van der Waals surface area (Å²) in [5.41, 5.74) is 3.14. The zero-order valence-corrected chi connectivity index (χ0v) is 15.6. The van der Waals surface area contributed by atoms with Gasteiger partial charge < -0.3 is 9.08 Å². The molecule has 0 fully saturated rings. The number of hydrogen-bond acceptors (Lipinski definition) is 4. The van der Waals surface area contributed by atoms with Crippen molar-refractivity contribution < 1.29 is 17.4 Å². The zero-order chi connectivity index (χ0) is 18.4. The van der Waals surface area contributed by atoms with Gasteiger partial charge in [-0.05, 0) is 62.1 Å². The summed E-state index contributed by atoms with van der Waals surface area (Å²) in [6.45, 7) is 7.09. The van der Waals surface area contributed by atoms with Gasteiger partial charge in [0.15, 0.2) is 0 Å². The van der Waals surface area contributed by atoms with Crippen molar-refractivity contribution in [2.45, 2.75) is 45.1 Å². The van der Waals surface area contributed by atoms with E-state index in [0.29, 0.717) is 12.2 Å². The fraction of sp³-hybridized carbons (Fsp3) is 0.316. The first-order valence-electron chi connectivity index (χ1n) is 8.14. The highest BCUT2D eigenvalue weighted by Gasteiger charge is 2.30. The first-order chi connectivity index (χ1) is 11.7. The first-order valence-corrected chi connectivity index (χ1v) is 9.55. The Morgan fingerprint density at radius 2 is 1.80 bits per heavy atom. The molecule has 0 saturated carbocycles. The van der Waals surface area contributed by atoms with Crippen LogP contribution in [0.3, 0.4) is 0 Å². The van der Waals surface area contributed by atoms with Gasteiger partial charge in [-0.3, -0.25) is 4.79 Å². The first kappa shape index (κ1) is 17.5. The minimum absolute atomic E-state index is 0.0185. The predicted molar refractivity (Wildman–Crippen MR) is 96.5 cm³/mol. The van der Waals surface area contributed by atoms with Gasteiger partial charge in [-0.1, -0.05) is 18.2 Å². The molecule has 6 heteroatoms. The topological polar surface area (TPSA) is 63.7 Å². The van der Waals surface area contributed by atoms with Crippen molar-refractivity contribution in [2.24, 2.45) is 0 Å². The van der Waals surface area contributed by atoms with Gasteiger partial charge in [0.25, 0.3) is 0 Å². The third kappa shape index (κ3) is 3.14. The minimum Gasteiger partial charge on any atom is -0.378 e. The average Bonchev–Trinajstić information content (AvgIpc) is 2.86. The van der Waals surface area contributed by atoms with Gasteiger partial charge in [0.2, 0.25) is 5.91 Å². The van der Waals surface area contributed by atoms with Gasteiger partial charge in [0.1, 0.15) is 10.6 Å². The maximum atomic E-state index is 12.7. The van der Waals surface area contributed by atoms with E-state index in [2.05, 4.69) is 0 Å². The molecule has 1 unspecified atom stereocenters. The number of anilines is 1. The van der Waals surface area contributed by atoms with Crippen molar-refractivity contribution in [1.29, 1.82) is 0 Å². The Kier molecular flexibility index (Phi) is 4.33. The van der Waals surface area contributed by atoms with Crippen LogP contribution >= 0.6 is 0 Å². The molecule has 132 valence electrons. The largest absolute Gasteiger partial charge is 0.378 e. The second kappa shape index (κ2) is 6.19. The molecule has 5 nitrogen and oxygen atoms in total. The van der Waals surface area contributed by atoms with Gasteiger partial charge >= 0.3 is 10.1 Å². The van der Waals surface area contributed by atoms with E-state index in [0.717, 1.165) is 22.4 Å². The highest BCUT2D eigenvalue weighted by molar-refractivity contribution is 7.87. The molecular formula is C19H21NO4S. The van der Waals surface area contributed by atoms with Crippen LogP contribution in [0.15, 0.2) is 41.3 Å². The molecule has 0 aromatic heterocycles. The van der Waals surface area contributed by atoms with Crippen LogP contribution in [0.4, 0.5) is 5.69 Å². The zero-order valence-electron chi connectivity index (χ0n) is 14.7. The van der Waals surface area contributed by atoms with E-state index in [1.165, 1.54) is 13.0 Å². The monoisotopic (exact) mass is 359 g/mol. The van der Waals surface area contributed by atoms with Crippen LogP contribution in [-0.4, -0.2) is 20.4 Å². The molecule has 25 heavy (non-hydrogen) atoms. The quantitative estimate of drug-likeness (QED) is 0.788. The van der Waals surface area contributed by atoms with E-state index in [1.54, 1.807) is 17.0 Å². The number of amides is 1. The van der Waals surface area contributed by atoms with Gasteiger partial charge in [0, 0.05) is 18.7 Å². The Balaban J connectivity index is 1.98. The second-order valence-electron chi connectivity index (χ2n) is 6.49. The lowest BCUT2D eigenvalue weighted by molar-refractivity contribution is -0.116. The minimum atomic E-state index is -3.94. The van der Waals surface area contributed by atoms with Crippen LogP contribution in [-0.2, 0) is 21.3 Å². The van der Waals surface area contributed by atoms with E-state index in [1.807, 2.05) is 39.0 Å². The molecule has 0 N–H and O–H groups in total. The normalized spacial score (nSPS) is 16.6.